The molecule has 212 valence electrons. The highest BCUT2D eigenvalue weighted by Gasteiger charge is 2.35. The van der Waals surface area contributed by atoms with E-state index in [1.807, 2.05) is 64.4 Å². The van der Waals surface area contributed by atoms with Crippen molar-refractivity contribution in [2.24, 2.45) is 9.98 Å². The first-order valence-corrected chi connectivity index (χ1v) is 16.2. The van der Waals surface area contributed by atoms with Crippen LogP contribution in [0.15, 0.2) is 87.1 Å². The van der Waals surface area contributed by atoms with Crippen molar-refractivity contribution >= 4 is 70.9 Å². The van der Waals surface area contributed by atoms with Gasteiger partial charge in [0.25, 0.3) is 0 Å². The van der Waals surface area contributed by atoms with Gasteiger partial charge in [0, 0.05) is 73.5 Å². The summed E-state index contributed by atoms with van der Waals surface area (Å²) in [5, 5.41) is 0. The third kappa shape index (κ3) is 8.56. The SMILES string of the molecule is CCOC(OCC)C1=C(C=Nc2ccncc2)S/C(=C2/SC(C=Nc3ccncc3)=C(C(OCC)OCC)S2)S1. The predicted octanol–water partition coefficient (Wildman–Crippen LogP) is 7.89. The van der Waals surface area contributed by atoms with Crippen LogP contribution in [-0.4, -0.2) is 61.4 Å². The number of aliphatic imine (C=N–C) groups is 2. The normalized spacial score (nSPS) is 18.1. The molecule has 0 saturated carbocycles. The van der Waals surface area contributed by atoms with E-state index < -0.39 is 12.6 Å². The largest absolute Gasteiger partial charge is 0.348 e. The Kier molecular flexibility index (Phi) is 12.8. The Labute approximate surface area is 252 Å². The summed E-state index contributed by atoms with van der Waals surface area (Å²) >= 11 is 6.66. The molecule has 40 heavy (non-hydrogen) atoms. The van der Waals surface area contributed by atoms with E-state index in [2.05, 4.69) is 9.97 Å². The summed E-state index contributed by atoms with van der Waals surface area (Å²) in [5.74, 6) is 0. The van der Waals surface area contributed by atoms with Crippen LogP contribution in [-0.2, 0) is 18.9 Å². The lowest BCUT2D eigenvalue weighted by molar-refractivity contribution is -0.106. The van der Waals surface area contributed by atoms with Crippen LogP contribution < -0.4 is 0 Å². The Morgan fingerprint density at radius 1 is 0.600 bits per heavy atom. The number of rotatable bonds is 14. The first-order valence-electron chi connectivity index (χ1n) is 12.9. The van der Waals surface area contributed by atoms with Crippen LogP contribution in [0.4, 0.5) is 11.4 Å². The highest BCUT2D eigenvalue weighted by Crippen LogP contribution is 2.60. The topological polar surface area (TPSA) is 87.4 Å². The predicted molar refractivity (Wildman–Crippen MR) is 170 cm³/mol. The minimum atomic E-state index is -0.472. The molecule has 0 radical (unpaired) electrons. The molecule has 0 N–H and O–H groups in total. The van der Waals surface area contributed by atoms with Crippen molar-refractivity contribution in [3.63, 3.8) is 0 Å². The van der Waals surface area contributed by atoms with Crippen molar-refractivity contribution in [2.45, 2.75) is 40.3 Å². The second-order valence-electron chi connectivity index (χ2n) is 7.85. The average Bonchev–Trinajstić information content (AvgIpc) is 3.60. The highest BCUT2D eigenvalue weighted by molar-refractivity contribution is 8.34. The lowest BCUT2D eigenvalue weighted by Gasteiger charge is -2.18. The van der Waals surface area contributed by atoms with E-state index in [-0.39, 0.29) is 0 Å². The maximum atomic E-state index is 5.99. The van der Waals surface area contributed by atoms with Crippen molar-refractivity contribution in [1.29, 1.82) is 0 Å². The quantitative estimate of drug-likeness (QED) is 0.154. The van der Waals surface area contributed by atoms with Gasteiger partial charge < -0.3 is 18.9 Å². The number of nitrogens with zero attached hydrogens (tertiary/aromatic N) is 4. The Balaban J connectivity index is 1.66. The highest BCUT2D eigenvalue weighted by atomic mass is 32.2. The van der Waals surface area contributed by atoms with Gasteiger partial charge >= 0.3 is 0 Å². The zero-order valence-electron chi connectivity index (χ0n) is 22.8. The van der Waals surface area contributed by atoms with Crippen LogP contribution in [0, 0.1) is 0 Å². The van der Waals surface area contributed by atoms with Gasteiger partial charge in [0.2, 0.25) is 0 Å². The molecule has 12 heteroatoms. The van der Waals surface area contributed by atoms with Crippen LogP contribution in [0.1, 0.15) is 27.7 Å². The van der Waals surface area contributed by atoms with Crippen LogP contribution >= 0.6 is 47.0 Å². The van der Waals surface area contributed by atoms with Crippen molar-refractivity contribution in [3.05, 3.63) is 77.1 Å². The Morgan fingerprint density at radius 3 is 1.27 bits per heavy atom. The Morgan fingerprint density at radius 2 is 0.950 bits per heavy atom. The molecule has 4 heterocycles. The summed E-state index contributed by atoms with van der Waals surface area (Å²) in [6.07, 6.45) is 9.75. The third-order valence-electron chi connectivity index (χ3n) is 5.15. The molecular formula is C28H32N4O4S4. The Bertz CT molecular complexity index is 1160. The van der Waals surface area contributed by atoms with Crippen LogP contribution in [0.5, 0.6) is 0 Å². The van der Waals surface area contributed by atoms with Crippen molar-refractivity contribution in [3.8, 4) is 0 Å². The lowest BCUT2D eigenvalue weighted by atomic mass is 10.4. The fraction of sp³-hybridized carbons (Fsp3) is 0.357. The zero-order chi connectivity index (χ0) is 28.2. The van der Waals surface area contributed by atoms with Gasteiger partial charge in [-0.1, -0.05) is 47.0 Å². The number of ether oxygens (including phenoxy) is 4. The van der Waals surface area contributed by atoms with E-state index in [0.717, 1.165) is 39.5 Å². The van der Waals surface area contributed by atoms with Gasteiger partial charge in [0.05, 0.1) is 29.7 Å². The van der Waals surface area contributed by atoms with Crippen LogP contribution in [0.2, 0.25) is 0 Å². The van der Waals surface area contributed by atoms with Crippen molar-refractivity contribution in [1.82, 2.24) is 9.97 Å². The van der Waals surface area contributed by atoms with Crippen LogP contribution in [0.3, 0.4) is 0 Å². The molecule has 0 aromatic carbocycles. The minimum absolute atomic E-state index is 0.472. The van der Waals surface area contributed by atoms with Gasteiger partial charge in [-0.2, -0.15) is 0 Å². The molecule has 0 aliphatic carbocycles. The number of allylic oxidation sites excluding steroid dienone is 2. The zero-order valence-corrected chi connectivity index (χ0v) is 26.1. The second-order valence-corrected chi connectivity index (χ2v) is 12.6. The van der Waals surface area contributed by atoms with E-state index in [1.54, 1.807) is 71.8 Å². The van der Waals surface area contributed by atoms with Gasteiger partial charge in [-0.15, -0.1) is 0 Å². The van der Waals surface area contributed by atoms with Gasteiger partial charge in [-0.25, -0.2) is 0 Å². The molecule has 4 rings (SSSR count). The molecule has 0 fully saturated rings. The van der Waals surface area contributed by atoms with E-state index in [4.69, 9.17) is 28.9 Å². The standard InChI is InChI=1S/C28H32N4O4S4/c1-5-33-25(34-6-2)23-21(17-31-19-9-13-29-14-10-19)37-27(39-23)28-38-22(18-32-20-11-15-30-16-12-20)24(40-28)26(35-7-3)36-8-4/h9-18,25-26H,5-8H2,1-4H3/b28-27+,31-17?,32-18?. The fourth-order valence-corrected chi connectivity index (χ4v) is 8.87. The summed E-state index contributed by atoms with van der Waals surface area (Å²) in [5.41, 5.74) is 1.66. The molecule has 0 spiro atoms. The van der Waals surface area contributed by atoms with Gasteiger partial charge in [-0.3, -0.25) is 20.0 Å². The van der Waals surface area contributed by atoms with E-state index in [9.17, 15) is 0 Å². The van der Waals surface area contributed by atoms with E-state index in [0.29, 0.717) is 26.4 Å². The first-order chi connectivity index (χ1) is 19.7. The number of pyridine rings is 2. The summed E-state index contributed by atoms with van der Waals surface area (Å²) in [6, 6.07) is 7.50. The number of hydrogen-bond acceptors (Lipinski definition) is 12. The molecule has 8 nitrogen and oxygen atoms in total. The molecule has 2 aromatic heterocycles. The molecular weight excluding hydrogens is 585 g/mol. The molecule has 2 aliphatic rings. The van der Waals surface area contributed by atoms with Crippen molar-refractivity contribution in [2.75, 3.05) is 26.4 Å². The van der Waals surface area contributed by atoms with Gasteiger partial charge in [0.15, 0.2) is 12.6 Å². The molecule has 0 unspecified atom stereocenters. The average molecular weight is 617 g/mol. The lowest BCUT2D eigenvalue weighted by Crippen LogP contribution is -2.19. The fourth-order valence-electron chi connectivity index (χ4n) is 3.45. The Hall–Kier alpha value is -1.90. The van der Waals surface area contributed by atoms with Crippen molar-refractivity contribution < 1.29 is 18.9 Å². The van der Waals surface area contributed by atoms with Crippen LogP contribution in [0.25, 0.3) is 0 Å². The maximum absolute atomic E-state index is 5.99. The van der Waals surface area contributed by atoms with E-state index in [1.165, 1.54) is 0 Å². The molecule has 0 saturated heterocycles. The second kappa shape index (κ2) is 16.5. The summed E-state index contributed by atoms with van der Waals surface area (Å²) < 4.78 is 26.2. The monoisotopic (exact) mass is 616 g/mol. The minimum Gasteiger partial charge on any atom is -0.348 e. The maximum Gasteiger partial charge on any atom is 0.191 e. The van der Waals surface area contributed by atoms with Gasteiger partial charge in [-0.05, 0) is 52.0 Å². The number of aromatic nitrogens is 2. The first kappa shape index (κ1) is 31.0. The van der Waals surface area contributed by atoms with E-state index >= 15 is 0 Å². The molecule has 0 atom stereocenters. The summed E-state index contributed by atoms with van der Waals surface area (Å²) in [7, 11) is 0. The third-order valence-corrected chi connectivity index (χ3v) is 10.8. The number of hydrogen-bond donors (Lipinski definition) is 0. The molecule has 0 amide bonds. The summed E-state index contributed by atoms with van der Waals surface area (Å²) in [4.78, 5) is 21.5. The molecule has 0 bridgehead atoms. The molecule has 2 aromatic rings. The number of thioether (sulfide) groups is 4. The molecule has 2 aliphatic heterocycles. The van der Waals surface area contributed by atoms with Gasteiger partial charge in [0.1, 0.15) is 0 Å². The summed E-state index contributed by atoms with van der Waals surface area (Å²) in [6.45, 7) is 10.0. The smallest absolute Gasteiger partial charge is 0.191 e.